The predicted octanol–water partition coefficient (Wildman–Crippen LogP) is 4.41. The smallest absolute Gasteiger partial charge is 0.231 e. The van der Waals surface area contributed by atoms with E-state index in [-0.39, 0.29) is 29.4 Å². The summed E-state index contributed by atoms with van der Waals surface area (Å²) in [7, 11) is -1.94. The van der Waals surface area contributed by atoms with Crippen LogP contribution in [0, 0.1) is 0 Å². The van der Waals surface area contributed by atoms with Crippen LogP contribution >= 0.6 is 12.4 Å². The van der Waals surface area contributed by atoms with Crippen LogP contribution in [-0.4, -0.2) is 65.0 Å². The van der Waals surface area contributed by atoms with E-state index in [1.165, 1.54) is 6.33 Å². The van der Waals surface area contributed by atoms with Crippen LogP contribution < -0.4 is 20.3 Å². The third-order valence-corrected chi connectivity index (χ3v) is 8.82. The number of hydrogen-bond acceptors (Lipinski definition) is 10. The normalized spacial score (nSPS) is 14.3. The Morgan fingerprint density at radius 2 is 1.82 bits per heavy atom. The zero-order valence-electron chi connectivity index (χ0n) is 21.9. The average molecular weight is 574 g/mol. The highest BCUT2D eigenvalue weighted by molar-refractivity contribution is 7.92. The number of ether oxygens (including phenoxy) is 1. The van der Waals surface area contributed by atoms with Crippen LogP contribution in [0.5, 0.6) is 5.75 Å². The summed E-state index contributed by atoms with van der Waals surface area (Å²) < 4.78 is 31.6. The molecule has 0 saturated carbocycles. The van der Waals surface area contributed by atoms with Crippen molar-refractivity contribution in [3.63, 3.8) is 0 Å². The highest BCUT2D eigenvalue weighted by Gasteiger charge is 2.24. The Bertz CT molecular complexity index is 1550. The molecule has 11 nitrogen and oxygen atoms in total. The van der Waals surface area contributed by atoms with Crippen LogP contribution in [0.1, 0.15) is 26.7 Å². The molecule has 13 heteroatoms. The molecule has 5 rings (SSSR count). The number of aliphatic hydroxyl groups is 1. The molecule has 1 aliphatic rings. The minimum Gasteiger partial charge on any atom is -0.494 e. The first-order chi connectivity index (χ1) is 18.3. The Kier molecular flexibility index (Phi) is 8.48. The Balaban J connectivity index is 0.00000353. The second kappa shape index (κ2) is 11.6. The number of hydrogen-bond donors (Lipinski definition) is 4. The Labute approximate surface area is 233 Å². The van der Waals surface area contributed by atoms with Gasteiger partial charge in [0.2, 0.25) is 5.95 Å². The molecule has 0 bridgehead atoms. The molecule has 0 unspecified atom stereocenters. The number of para-hydroxylation sites is 1. The van der Waals surface area contributed by atoms with Crippen LogP contribution in [0.15, 0.2) is 53.7 Å². The van der Waals surface area contributed by atoms with Crippen molar-refractivity contribution < 1.29 is 18.3 Å². The standard InChI is InChI=1S/C26H31N7O4S.ClH/c1-16(2)38(35,36)22-7-5-4-6-20(22)29-25-23-24(28-15-27-23)31-26(32-25)30-19-9-8-17(14-21(19)37-3)33-12-10-18(34)11-13-33;/h4-9,14-16,18,34H,10-13H2,1-3H3,(H3,27,28,29,30,31,32);1H. The number of halogens is 1. The molecule has 1 aliphatic heterocycles. The number of piperidine rings is 1. The molecule has 0 atom stereocenters. The maximum absolute atomic E-state index is 13.0. The van der Waals surface area contributed by atoms with Gasteiger partial charge in [0.25, 0.3) is 0 Å². The summed E-state index contributed by atoms with van der Waals surface area (Å²) in [6.45, 7) is 4.86. The summed E-state index contributed by atoms with van der Waals surface area (Å²) in [5, 5.41) is 15.6. The van der Waals surface area contributed by atoms with E-state index in [1.807, 2.05) is 18.2 Å². The lowest BCUT2D eigenvalue weighted by Crippen LogP contribution is -2.35. The quantitative estimate of drug-likeness (QED) is 0.239. The van der Waals surface area contributed by atoms with Gasteiger partial charge in [-0.25, -0.2) is 13.4 Å². The highest BCUT2D eigenvalue weighted by Crippen LogP contribution is 2.34. The van der Waals surface area contributed by atoms with Gasteiger partial charge in [-0.15, -0.1) is 12.4 Å². The maximum atomic E-state index is 13.0. The number of sulfone groups is 1. The lowest BCUT2D eigenvalue weighted by atomic mass is 10.1. The van der Waals surface area contributed by atoms with Crippen LogP contribution in [0.2, 0.25) is 0 Å². The molecule has 1 saturated heterocycles. The second-order valence-corrected chi connectivity index (χ2v) is 11.9. The highest BCUT2D eigenvalue weighted by atomic mass is 35.5. The molecule has 2 aromatic carbocycles. The predicted molar refractivity (Wildman–Crippen MR) is 155 cm³/mol. The maximum Gasteiger partial charge on any atom is 0.231 e. The van der Waals surface area contributed by atoms with Gasteiger partial charge in [0.1, 0.15) is 11.3 Å². The summed E-state index contributed by atoms with van der Waals surface area (Å²) >= 11 is 0. The number of aliphatic hydroxyl groups excluding tert-OH is 1. The van der Waals surface area contributed by atoms with Crippen molar-refractivity contribution >= 4 is 62.2 Å². The number of anilines is 5. The van der Waals surface area contributed by atoms with Gasteiger partial charge in [-0.1, -0.05) is 12.1 Å². The molecule has 0 amide bonds. The van der Waals surface area contributed by atoms with Crippen LogP contribution in [0.25, 0.3) is 11.2 Å². The van der Waals surface area contributed by atoms with E-state index < -0.39 is 15.1 Å². The number of nitrogens with zero attached hydrogens (tertiary/aromatic N) is 4. The van der Waals surface area contributed by atoms with Crippen molar-refractivity contribution in [1.29, 1.82) is 0 Å². The lowest BCUT2D eigenvalue weighted by Gasteiger charge is -2.31. The van der Waals surface area contributed by atoms with Crippen molar-refractivity contribution in [2.75, 3.05) is 35.7 Å². The average Bonchev–Trinajstić information content (AvgIpc) is 3.39. The van der Waals surface area contributed by atoms with E-state index >= 15 is 0 Å². The van der Waals surface area contributed by atoms with E-state index in [0.29, 0.717) is 34.1 Å². The van der Waals surface area contributed by atoms with Gasteiger partial charge in [0, 0.05) is 24.8 Å². The minimum absolute atomic E-state index is 0. The third kappa shape index (κ3) is 5.87. The number of fused-ring (bicyclic) bond motifs is 1. The molecule has 3 heterocycles. The number of rotatable bonds is 8. The SMILES string of the molecule is COc1cc(N2CCC(O)CC2)ccc1Nc1nc(Nc2ccccc2S(=O)(=O)C(C)C)c2[nH]cnc2n1.Cl. The fourth-order valence-corrected chi connectivity index (χ4v) is 5.61. The van der Waals surface area contributed by atoms with Gasteiger partial charge >= 0.3 is 0 Å². The van der Waals surface area contributed by atoms with Crippen LogP contribution in [0.4, 0.5) is 28.8 Å². The lowest BCUT2D eigenvalue weighted by molar-refractivity contribution is 0.145. The molecule has 208 valence electrons. The summed E-state index contributed by atoms with van der Waals surface area (Å²) in [5.41, 5.74) is 3.04. The van der Waals surface area contributed by atoms with E-state index in [0.717, 1.165) is 31.6 Å². The van der Waals surface area contributed by atoms with Crippen molar-refractivity contribution in [3.8, 4) is 5.75 Å². The van der Waals surface area contributed by atoms with Gasteiger partial charge in [-0.2, -0.15) is 9.97 Å². The number of imidazole rings is 1. The molecule has 0 radical (unpaired) electrons. The Hall–Kier alpha value is -3.61. The molecule has 1 fully saturated rings. The summed E-state index contributed by atoms with van der Waals surface area (Å²) in [6.07, 6.45) is 2.73. The summed E-state index contributed by atoms with van der Waals surface area (Å²) in [4.78, 5) is 18.9. The largest absolute Gasteiger partial charge is 0.494 e. The molecular formula is C26H32ClN7O4S. The van der Waals surface area contributed by atoms with Gasteiger partial charge < -0.3 is 30.4 Å². The van der Waals surface area contributed by atoms with Crippen LogP contribution in [-0.2, 0) is 9.84 Å². The number of aromatic amines is 1. The number of nitrogens with one attached hydrogen (secondary N) is 3. The zero-order valence-corrected chi connectivity index (χ0v) is 23.5. The van der Waals surface area contributed by atoms with Crippen molar-refractivity contribution in [2.24, 2.45) is 0 Å². The van der Waals surface area contributed by atoms with E-state index in [9.17, 15) is 13.5 Å². The molecule has 2 aromatic heterocycles. The first-order valence-corrected chi connectivity index (χ1v) is 14.0. The van der Waals surface area contributed by atoms with Crippen molar-refractivity contribution in [1.82, 2.24) is 19.9 Å². The number of H-pyrrole nitrogens is 1. The molecule has 4 aromatic rings. The minimum atomic E-state index is -3.53. The topological polar surface area (TPSA) is 145 Å². The summed E-state index contributed by atoms with van der Waals surface area (Å²) in [6, 6.07) is 12.6. The fourth-order valence-electron chi connectivity index (χ4n) is 4.40. The molecule has 0 spiro atoms. The monoisotopic (exact) mass is 573 g/mol. The van der Waals surface area contributed by atoms with Gasteiger partial charge in [0.05, 0.1) is 41.1 Å². The van der Waals surface area contributed by atoms with E-state index in [1.54, 1.807) is 45.2 Å². The zero-order chi connectivity index (χ0) is 26.9. The van der Waals surface area contributed by atoms with Crippen molar-refractivity contribution in [2.45, 2.75) is 42.9 Å². The molecule has 39 heavy (non-hydrogen) atoms. The summed E-state index contributed by atoms with van der Waals surface area (Å²) in [5.74, 6) is 1.26. The van der Waals surface area contributed by atoms with Gasteiger partial charge in [-0.05, 0) is 51.0 Å². The number of methoxy groups -OCH3 is 1. The third-order valence-electron chi connectivity index (χ3n) is 6.61. The van der Waals surface area contributed by atoms with Gasteiger partial charge in [-0.3, -0.25) is 0 Å². The fraction of sp³-hybridized carbons (Fsp3) is 0.346. The Morgan fingerprint density at radius 3 is 2.54 bits per heavy atom. The van der Waals surface area contributed by atoms with Crippen LogP contribution in [0.3, 0.4) is 0 Å². The molecule has 4 N–H and O–H groups in total. The first-order valence-electron chi connectivity index (χ1n) is 12.5. The first kappa shape index (κ1) is 28.4. The van der Waals surface area contributed by atoms with E-state index in [2.05, 4.69) is 35.5 Å². The van der Waals surface area contributed by atoms with E-state index in [4.69, 9.17) is 4.74 Å². The number of benzene rings is 2. The number of aromatic nitrogens is 4. The van der Waals surface area contributed by atoms with Gasteiger partial charge in [0.15, 0.2) is 21.3 Å². The molecular weight excluding hydrogens is 542 g/mol. The van der Waals surface area contributed by atoms with Crippen molar-refractivity contribution in [3.05, 3.63) is 48.8 Å². The second-order valence-electron chi connectivity index (χ2n) is 9.44. The molecule has 0 aliphatic carbocycles. The Morgan fingerprint density at radius 1 is 1.08 bits per heavy atom.